The van der Waals surface area contributed by atoms with Gasteiger partial charge in [0.2, 0.25) is 0 Å². The van der Waals surface area contributed by atoms with E-state index in [1.165, 1.54) is 25.0 Å². The van der Waals surface area contributed by atoms with Crippen LogP contribution in [0.4, 0.5) is 4.79 Å². The molecule has 2 heterocycles. The number of piperidine rings is 1. The first-order chi connectivity index (χ1) is 8.24. The van der Waals surface area contributed by atoms with Crippen molar-refractivity contribution in [2.45, 2.75) is 18.9 Å². The highest BCUT2D eigenvalue weighted by molar-refractivity contribution is 6.13. The molecule has 0 spiro atoms. The summed E-state index contributed by atoms with van der Waals surface area (Å²) in [6.07, 6.45) is 8.54. The van der Waals surface area contributed by atoms with Crippen LogP contribution in [0.5, 0.6) is 0 Å². The number of hydrogen-bond acceptors (Lipinski definition) is 2. The Morgan fingerprint density at radius 3 is 3.24 bits per heavy atom. The van der Waals surface area contributed by atoms with Gasteiger partial charge in [0.15, 0.2) is 0 Å². The summed E-state index contributed by atoms with van der Waals surface area (Å²) in [5, 5.41) is 2.94. The average molecular weight is 231 g/mol. The van der Waals surface area contributed by atoms with Crippen LogP contribution in [0.25, 0.3) is 0 Å². The molecule has 1 aliphatic carbocycles. The van der Waals surface area contributed by atoms with E-state index in [0.717, 1.165) is 12.3 Å². The molecule has 3 rings (SSSR count). The first kappa shape index (κ1) is 10.7. The molecule has 2 unspecified atom stereocenters. The van der Waals surface area contributed by atoms with E-state index >= 15 is 0 Å². The second-order valence-corrected chi connectivity index (χ2v) is 5.05. The Labute approximate surface area is 101 Å². The van der Waals surface area contributed by atoms with E-state index in [-0.39, 0.29) is 12.1 Å². The predicted octanol–water partition coefficient (Wildman–Crippen LogP) is 1.36. The van der Waals surface area contributed by atoms with Gasteiger partial charge in [-0.15, -0.1) is 0 Å². The lowest BCUT2D eigenvalue weighted by Crippen LogP contribution is -2.41. The van der Waals surface area contributed by atoms with Gasteiger partial charge in [0, 0.05) is 6.54 Å². The molecule has 90 valence electrons. The van der Waals surface area contributed by atoms with E-state index in [9.17, 15) is 4.79 Å². The molecule has 1 fully saturated rings. The topological polar surface area (TPSA) is 44.7 Å². The van der Waals surface area contributed by atoms with Gasteiger partial charge < -0.3 is 10.2 Å². The van der Waals surface area contributed by atoms with E-state index in [1.807, 2.05) is 12.2 Å². The van der Waals surface area contributed by atoms with Crippen LogP contribution in [-0.2, 0) is 0 Å². The fourth-order valence-electron chi connectivity index (χ4n) is 2.96. The molecule has 3 aliphatic rings. The van der Waals surface area contributed by atoms with Gasteiger partial charge in [-0.2, -0.15) is 4.99 Å². The third-order valence-electron chi connectivity index (χ3n) is 3.78. The lowest BCUT2D eigenvalue weighted by molar-refractivity contribution is 0.226. The summed E-state index contributed by atoms with van der Waals surface area (Å²) in [4.78, 5) is 17.7. The van der Waals surface area contributed by atoms with Crippen molar-refractivity contribution in [1.82, 2.24) is 10.2 Å². The summed E-state index contributed by atoms with van der Waals surface area (Å²) in [5.74, 6) is 0.548. The number of allylic oxidation sites excluding steroid dienone is 2. The molecule has 4 nitrogen and oxygen atoms in total. The summed E-state index contributed by atoms with van der Waals surface area (Å²) < 4.78 is 0. The molecule has 0 aromatic carbocycles. The van der Waals surface area contributed by atoms with Crippen LogP contribution in [0, 0.1) is 5.92 Å². The van der Waals surface area contributed by atoms with Gasteiger partial charge in [0.25, 0.3) is 0 Å². The number of carbonyl (C=O) groups excluding carboxylic acids is 1. The molecular formula is C13H17N3O. The van der Waals surface area contributed by atoms with Crippen molar-refractivity contribution < 1.29 is 4.79 Å². The van der Waals surface area contributed by atoms with Crippen LogP contribution in [0.1, 0.15) is 12.8 Å². The molecule has 2 amide bonds. The van der Waals surface area contributed by atoms with Gasteiger partial charge in [-0.3, -0.25) is 0 Å². The number of carbonyl (C=O) groups is 1. The van der Waals surface area contributed by atoms with Gasteiger partial charge in [-0.1, -0.05) is 12.2 Å². The van der Waals surface area contributed by atoms with Gasteiger partial charge in [0.05, 0.1) is 11.8 Å². The normalized spacial score (nSPS) is 32.9. The third-order valence-corrected chi connectivity index (χ3v) is 3.78. The monoisotopic (exact) mass is 231 g/mol. The Morgan fingerprint density at radius 2 is 2.41 bits per heavy atom. The standard InChI is InChI=1S/C13H17N3O/c1-16-7-3-4-9(8-16)10-5-2-6-11-12(10)15-13(17)14-11/h2,5-6,9,12H,3-4,7-8H2,1H3,(H,15,17). The first-order valence-corrected chi connectivity index (χ1v) is 6.20. The van der Waals surface area contributed by atoms with Gasteiger partial charge in [-0.05, 0) is 44.0 Å². The summed E-state index contributed by atoms with van der Waals surface area (Å²) >= 11 is 0. The molecule has 1 saturated heterocycles. The summed E-state index contributed by atoms with van der Waals surface area (Å²) in [6, 6.07) is -0.171. The van der Waals surface area contributed by atoms with Crippen molar-refractivity contribution in [3.05, 3.63) is 23.8 Å². The van der Waals surface area contributed by atoms with Gasteiger partial charge in [0.1, 0.15) is 0 Å². The summed E-state index contributed by atoms with van der Waals surface area (Å²) in [7, 11) is 2.16. The lowest BCUT2D eigenvalue weighted by Gasteiger charge is -2.34. The van der Waals surface area contributed by atoms with Crippen molar-refractivity contribution in [3.63, 3.8) is 0 Å². The van der Waals surface area contributed by atoms with E-state index < -0.39 is 0 Å². The Kier molecular flexibility index (Phi) is 2.59. The van der Waals surface area contributed by atoms with Crippen LogP contribution in [0.3, 0.4) is 0 Å². The molecule has 0 aromatic heterocycles. The second-order valence-electron chi connectivity index (χ2n) is 5.05. The van der Waals surface area contributed by atoms with Crippen LogP contribution in [-0.4, -0.2) is 42.8 Å². The highest BCUT2D eigenvalue weighted by Gasteiger charge is 2.33. The molecule has 1 N–H and O–H groups in total. The molecule has 4 heteroatoms. The van der Waals surface area contributed by atoms with Crippen molar-refractivity contribution in [1.29, 1.82) is 0 Å². The Hall–Kier alpha value is -1.42. The molecule has 2 aliphatic heterocycles. The third kappa shape index (κ3) is 1.93. The SMILES string of the molecule is CN1CCCC(C2=CC=CC3=NC(=O)NC23)C1. The number of hydrogen-bond donors (Lipinski definition) is 1. The predicted molar refractivity (Wildman–Crippen MR) is 67.2 cm³/mol. The van der Waals surface area contributed by atoms with Crippen molar-refractivity contribution in [3.8, 4) is 0 Å². The molecule has 2 atom stereocenters. The van der Waals surface area contributed by atoms with E-state index in [1.54, 1.807) is 0 Å². The number of amides is 2. The quantitative estimate of drug-likeness (QED) is 0.740. The molecular weight excluding hydrogens is 214 g/mol. The Morgan fingerprint density at radius 1 is 1.53 bits per heavy atom. The zero-order valence-corrected chi connectivity index (χ0v) is 10.0. The largest absolute Gasteiger partial charge is 0.342 e. The zero-order chi connectivity index (χ0) is 11.8. The maximum atomic E-state index is 11.3. The molecule has 0 saturated carbocycles. The van der Waals surface area contributed by atoms with Crippen LogP contribution in [0.2, 0.25) is 0 Å². The highest BCUT2D eigenvalue weighted by Crippen LogP contribution is 2.29. The number of nitrogens with one attached hydrogen (secondary N) is 1. The minimum Gasteiger partial charge on any atom is -0.324 e. The fraction of sp³-hybridized carbons (Fsp3) is 0.538. The van der Waals surface area contributed by atoms with Gasteiger partial charge >= 0.3 is 6.03 Å². The number of fused-ring (bicyclic) bond motifs is 1. The Bertz CT molecular complexity index is 436. The van der Waals surface area contributed by atoms with Crippen molar-refractivity contribution in [2.75, 3.05) is 20.1 Å². The summed E-state index contributed by atoms with van der Waals surface area (Å²) in [6.45, 7) is 2.26. The van der Waals surface area contributed by atoms with E-state index in [0.29, 0.717) is 5.92 Å². The number of aliphatic imine (C=N–C) groups is 1. The number of urea groups is 1. The molecule has 17 heavy (non-hydrogen) atoms. The zero-order valence-electron chi connectivity index (χ0n) is 10.0. The highest BCUT2D eigenvalue weighted by atomic mass is 16.2. The van der Waals surface area contributed by atoms with Crippen LogP contribution < -0.4 is 5.32 Å². The Balaban J connectivity index is 1.83. The van der Waals surface area contributed by atoms with Gasteiger partial charge in [-0.25, -0.2) is 4.79 Å². The fourth-order valence-corrected chi connectivity index (χ4v) is 2.96. The van der Waals surface area contributed by atoms with Crippen LogP contribution >= 0.6 is 0 Å². The van der Waals surface area contributed by atoms with Crippen molar-refractivity contribution >= 4 is 11.7 Å². The van der Waals surface area contributed by atoms with E-state index in [4.69, 9.17) is 0 Å². The number of rotatable bonds is 1. The van der Waals surface area contributed by atoms with Crippen LogP contribution in [0.15, 0.2) is 28.8 Å². The molecule has 0 bridgehead atoms. The van der Waals surface area contributed by atoms with E-state index in [2.05, 4.69) is 28.3 Å². The minimum absolute atomic E-state index is 0.0315. The second kappa shape index (κ2) is 4.11. The first-order valence-electron chi connectivity index (χ1n) is 6.20. The minimum atomic E-state index is -0.202. The number of nitrogens with zero attached hydrogens (tertiary/aromatic N) is 2. The van der Waals surface area contributed by atoms with Crippen molar-refractivity contribution in [2.24, 2.45) is 10.9 Å². The molecule has 0 radical (unpaired) electrons. The smallest absolute Gasteiger partial charge is 0.324 e. The average Bonchev–Trinajstić information content (AvgIpc) is 2.68. The number of likely N-dealkylation sites (tertiary alicyclic amines) is 1. The maximum Gasteiger partial charge on any atom is 0.342 e. The summed E-state index contributed by atoms with van der Waals surface area (Å²) in [5.41, 5.74) is 2.20. The maximum absolute atomic E-state index is 11.3. The molecule has 0 aromatic rings. The lowest BCUT2D eigenvalue weighted by atomic mass is 9.83.